The second kappa shape index (κ2) is 6.04. The lowest BCUT2D eigenvalue weighted by atomic mass is 10.2. The van der Waals surface area contributed by atoms with Crippen LogP contribution in [0.4, 0.5) is 5.69 Å². The third-order valence-corrected chi connectivity index (χ3v) is 2.68. The van der Waals surface area contributed by atoms with Crippen molar-refractivity contribution < 1.29 is 9.53 Å². The molecule has 0 aliphatic rings. The summed E-state index contributed by atoms with van der Waals surface area (Å²) >= 11 is 5.82. The fraction of sp³-hybridized carbons (Fsp3) is 0.0714. The zero-order chi connectivity index (χ0) is 14.5. The summed E-state index contributed by atoms with van der Waals surface area (Å²) in [6.45, 7) is 0.0441. The zero-order valence-electron chi connectivity index (χ0n) is 10.3. The summed E-state index contributed by atoms with van der Waals surface area (Å²) < 4.78 is 5.13. The van der Waals surface area contributed by atoms with Crippen LogP contribution in [0.1, 0.15) is 21.6 Å². The topological polar surface area (TPSA) is 89.0 Å². The van der Waals surface area contributed by atoms with Crippen LogP contribution in [0.5, 0.6) is 0 Å². The first-order valence-corrected chi connectivity index (χ1v) is 6.04. The molecule has 100 valence electrons. The Balaban J connectivity index is 2.06. The molecule has 0 atom stereocenters. The summed E-state index contributed by atoms with van der Waals surface area (Å²) in [7, 11) is 0. The summed E-state index contributed by atoms with van der Waals surface area (Å²) in [6, 6.07) is 9.65. The summed E-state index contributed by atoms with van der Waals surface area (Å²) in [5.74, 6) is -0.533. The molecular weight excluding hydrogens is 278 g/mol. The molecule has 0 fully saturated rings. The number of nitriles is 1. The van der Waals surface area contributed by atoms with Crippen LogP contribution in [0.2, 0.25) is 5.02 Å². The Morgan fingerprint density at radius 3 is 2.90 bits per heavy atom. The Hall–Kier alpha value is -2.58. The molecule has 1 heterocycles. The summed E-state index contributed by atoms with van der Waals surface area (Å²) in [5, 5.41) is 9.10. The van der Waals surface area contributed by atoms with E-state index in [1.807, 2.05) is 6.07 Å². The smallest absolute Gasteiger partial charge is 0.338 e. The van der Waals surface area contributed by atoms with Crippen LogP contribution < -0.4 is 5.73 Å². The van der Waals surface area contributed by atoms with Gasteiger partial charge in [0.2, 0.25) is 0 Å². The van der Waals surface area contributed by atoms with Crippen molar-refractivity contribution in [2.24, 2.45) is 0 Å². The van der Waals surface area contributed by atoms with Crippen molar-refractivity contribution >= 4 is 23.3 Å². The molecule has 0 saturated heterocycles. The van der Waals surface area contributed by atoms with Crippen LogP contribution in [0, 0.1) is 11.3 Å². The highest BCUT2D eigenvalue weighted by molar-refractivity contribution is 6.31. The van der Waals surface area contributed by atoms with E-state index in [1.165, 1.54) is 18.3 Å². The van der Waals surface area contributed by atoms with Crippen LogP contribution >= 0.6 is 11.6 Å². The van der Waals surface area contributed by atoms with Crippen LogP contribution in [-0.2, 0) is 11.3 Å². The number of ether oxygens (including phenoxy) is 1. The van der Waals surface area contributed by atoms with E-state index in [0.717, 1.165) is 0 Å². The monoisotopic (exact) mass is 287 g/mol. The summed E-state index contributed by atoms with van der Waals surface area (Å²) in [6.07, 6.45) is 1.49. The fourth-order valence-corrected chi connectivity index (χ4v) is 1.83. The third kappa shape index (κ3) is 3.46. The molecule has 0 saturated carbocycles. The number of esters is 1. The van der Waals surface area contributed by atoms with Crippen molar-refractivity contribution in [3.05, 3.63) is 58.4 Å². The van der Waals surface area contributed by atoms with Gasteiger partial charge in [0, 0.05) is 16.9 Å². The van der Waals surface area contributed by atoms with Crippen molar-refractivity contribution in [2.45, 2.75) is 6.61 Å². The molecule has 0 spiro atoms. The highest BCUT2D eigenvalue weighted by Gasteiger charge is 2.09. The Morgan fingerprint density at radius 1 is 1.40 bits per heavy atom. The molecule has 1 aromatic heterocycles. The Bertz CT molecular complexity index is 675. The second-order valence-electron chi connectivity index (χ2n) is 4.01. The number of nitrogens with zero attached hydrogens (tertiary/aromatic N) is 2. The van der Waals surface area contributed by atoms with E-state index in [2.05, 4.69) is 4.98 Å². The highest BCUT2D eigenvalue weighted by Crippen LogP contribution is 2.17. The minimum Gasteiger partial charge on any atom is -0.457 e. The predicted octanol–water partition coefficient (Wildman–Crippen LogP) is 2.55. The lowest BCUT2D eigenvalue weighted by Crippen LogP contribution is -2.06. The molecular formula is C14H10ClN3O2. The Kier molecular flexibility index (Phi) is 4.18. The highest BCUT2D eigenvalue weighted by atomic mass is 35.5. The van der Waals surface area contributed by atoms with Gasteiger partial charge in [-0.3, -0.25) is 0 Å². The number of nitrogens with two attached hydrogens (primary N) is 1. The second-order valence-corrected chi connectivity index (χ2v) is 4.45. The van der Waals surface area contributed by atoms with Gasteiger partial charge in [-0.05, 0) is 35.9 Å². The number of nitrogen functional groups attached to an aromatic ring is 1. The lowest BCUT2D eigenvalue weighted by molar-refractivity contribution is 0.0472. The molecule has 20 heavy (non-hydrogen) atoms. The Labute approximate surface area is 120 Å². The number of carbonyl (C=O) groups excluding carboxylic acids is 1. The molecule has 0 aliphatic heterocycles. The van der Waals surface area contributed by atoms with E-state index in [1.54, 1.807) is 18.2 Å². The first kappa shape index (κ1) is 13.8. The molecule has 0 unspecified atom stereocenters. The van der Waals surface area contributed by atoms with Crippen LogP contribution in [0.25, 0.3) is 0 Å². The maximum Gasteiger partial charge on any atom is 0.338 e. The molecule has 2 N–H and O–H groups in total. The number of halogens is 1. The van der Waals surface area contributed by atoms with Gasteiger partial charge in [0.15, 0.2) is 0 Å². The van der Waals surface area contributed by atoms with Gasteiger partial charge in [0.1, 0.15) is 18.4 Å². The summed E-state index contributed by atoms with van der Waals surface area (Å²) in [5.41, 5.74) is 7.23. The van der Waals surface area contributed by atoms with E-state index in [-0.39, 0.29) is 17.9 Å². The van der Waals surface area contributed by atoms with Crippen molar-refractivity contribution in [1.29, 1.82) is 5.26 Å². The minimum absolute atomic E-state index is 0.0441. The number of hydrogen-bond acceptors (Lipinski definition) is 5. The Morgan fingerprint density at radius 2 is 2.20 bits per heavy atom. The van der Waals surface area contributed by atoms with Crippen molar-refractivity contribution in [3.63, 3.8) is 0 Å². The van der Waals surface area contributed by atoms with E-state index in [9.17, 15) is 4.79 Å². The number of anilines is 1. The van der Waals surface area contributed by atoms with E-state index in [4.69, 9.17) is 27.3 Å². The standard InChI is InChI=1S/C14H10ClN3O2/c15-11-4-10(5-12(17)6-11)14(19)20-8-9-1-2-18-13(3-9)7-16/h1-6H,8,17H2. The predicted molar refractivity (Wildman–Crippen MR) is 73.9 cm³/mol. The number of hydrogen-bond donors (Lipinski definition) is 1. The van der Waals surface area contributed by atoms with Gasteiger partial charge in [-0.2, -0.15) is 5.26 Å². The number of pyridine rings is 1. The maximum atomic E-state index is 11.9. The molecule has 0 bridgehead atoms. The molecule has 6 heteroatoms. The minimum atomic E-state index is -0.533. The van der Waals surface area contributed by atoms with Gasteiger partial charge in [0.05, 0.1) is 5.56 Å². The number of benzene rings is 1. The molecule has 0 aliphatic carbocycles. The van der Waals surface area contributed by atoms with Crippen molar-refractivity contribution in [2.75, 3.05) is 5.73 Å². The van der Waals surface area contributed by atoms with Gasteiger partial charge < -0.3 is 10.5 Å². The largest absolute Gasteiger partial charge is 0.457 e. The van der Waals surface area contributed by atoms with Gasteiger partial charge in [0.25, 0.3) is 0 Å². The van der Waals surface area contributed by atoms with Crippen LogP contribution in [0.15, 0.2) is 36.5 Å². The normalized spacial score (nSPS) is 9.80. The summed E-state index contributed by atoms with van der Waals surface area (Å²) in [4.78, 5) is 15.7. The zero-order valence-corrected chi connectivity index (χ0v) is 11.1. The molecule has 5 nitrogen and oxygen atoms in total. The first-order valence-electron chi connectivity index (χ1n) is 5.66. The number of carbonyl (C=O) groups is 1. The maximum absolute atomic E-state index is 11.9. The van der Waals surface area contributed by atoms with E-state index < -0.39 is 5.97 Å². The lowest BCUT2D eigenvalue weighted by Gasteiger charge is -2.06. The number of aromatic nitrogens is 1. The van der Waals surface area contributed by atoms with Gasteiger partial charge >= 0.3 is 5.97 Å². The first-order chi connectivity index (χ1) is 9.58. The molecule has 0 radical (unpaired) electrons. The number of rotatable bonds is 3. The molecule has 2 aromatic rings. The van der Waals surface area contributed by atoms with Crippen LogP contribution in [0.3, 0.4) is 0 Å². The van der Waals surface area contributed by atoms with Crippen molar-refractivity contribution in [3.8, 4) is 6.07 Å². The quantitative estimate of drug-likeness (QED) is 0.692. The third-order valence-electron chi connectivity index (χ3n) is 2.46. The van der Waals surface area contributed by atoms with Crippen molar-refractivity contribution in [1.82, 2.24) is 4.98 Å². The van der Waals surface area contributed by atoms with Crippen LogP contribution in [-0.4, -0.2) is 11.0 Å². The molecule has 2 rings (SSSR count). The SMILES string of the molecule is N#Cc1cc(COC(=O)c2cc(N)cc(Cl)c2)ccn1. The van der Waals surface area contributed by atoms with Gasteiger partial charge in [-0.25, -0.2) is 9.78 Å². The van der Waals surface area contributed by atoms with E-state index >= 15 is 0 Å². The average Bonchev–Trinajstić information content (AvgIpc) is 2.44. The van der Waals surface area contributed by atoms with E-state index in [0.29, 0.717) is 16.3 Å². The average molecular weight is 288 g/mol. The molecule has 1 aromatic carbocycles. The fourth-order valence-electron chi connectivity index (χ4n) is 1.59. The van der Waals surface area contributed by atoms with Gasteiger partial charge in [-0.1, -0.05) is 11.6 Å². The van der Waals surface area contributed by atoms with Gasteiger partial charge in [-0.15, -0.1) is 0 Å². The molecule has 0 amide bonds.